The number of rotatable bonds is 12. The molecule has 0 radical (unpaired) electrons. The number of carbonyl (C=O) groups excluding carboxylic acids is 2. The van der Waals surface area contributed by atoms with Crippen molar-refractivity contribution >= 4 is 72.9 Å². The molecule has 0 aliphatic carbocycles. The number of methoxy groups -OCH3 is 2. The van der Waals surface area contributed by atoms with Gasteiger partial charge in [0, 0.05) is 46.0 Å². The maximum absolute atomic E-state index is 12.4. The van der Waals surface area contributed by atoms with Gasteiger partial charge in [-0.15, -0.1) is 0 Å². The van der Waals surface area contributed by atoms with Crippen LogP contribution in [0.4, 0.5) is 0 Å². The first kappa shape index (κ1) is 41.1. The molecule has 2 N–H and O–H groups in total. The molecule has 5 heterocycles. The molecule has 0 spiro atoms. The monoisotopic (exact) mass is 770 g/mol. The van der Waals surface area contributed by atoms with Crippen molar-refractivity contribution in [2.75, 3.05) is 14.2 Å². The van der Waals surface area contributed by atoms with E-state index in [2.05, 4.69) is 109 Å². The maximum atomic E-state index is 12.4. The summed E-state index contributed by atoms with van der Waals surface area (Å²) in [5, 5.41) is 0. The lowest BCUT2D eigenvalue weighted by Gasteiger charge is -2.24. The van der Waals surface area contributed by atoms with E-state index in [0.29, 0.717) is 12.8 Å². The summed E-state index contributed by atoms with van der Waals surface area (Å²) in [6.45, 7) is 25.9. The van der Waals surface area contributed by atoms with Crippen molar-refractivity contribution in [2.24, 2.45) is 0 Å². The molecule has 12 heteroatoms. The molecule has 0 fully saturated rings. The van der Waals surface area contributed by atoms with Gasteiger partial charge in [-0.05, 0) is 151 Å². The third kappa shape index (κ3) is 9.05. The molecule has 2 aliphatic heterocycles. The molecule has 3 aromatic heterocycles. The fourth-order valence-corrected chi connectivity index (χ4v) is 10.0. The van der Waals surface area contributed by atoms with Crippen LogP contribution in [-0.4, -0.2) is 62.7 Å². The number of nitrogens with one attached hydrogen (secondary N) is 2. The zero-order chi connectivity index (χ0) is 39.9. The van der Waals surface area contributed by atoms with E-state index < -0.39 is 16.6 Å². The Morgan fingerprint density at radius 3 is 1.35 bits per heavy atom. The predicted molar refractivity (Wildman–Crippen MR) is 224 cm³/mol. The van der Waals surface area contributed by atoms with Crippen molar-refractivity contribution in [1.29, 1.82) is 0 Å². The summed E-state index contributed by atoms with van der Waals surface area (Å²) in [7, 11) is -1.00. The van der Waals surface area contributed by atoms with Gasteiger partial charge < -0.3 is 28.3 Å². The van der Waals surface area contributed by atoms with Crippen LogP contribution in [0.2, 0.25) is 39.3 Å². The fraction of sp³-hybridized carbons (Fsp3) is 0.476. The third-order valence-electron chi connectivity index (χ3n) is 10.1. The van der Waals surface area contributed by atoms with Crippen LogP contribution in [0.3, 0.4) is 0 Å². The first-order valence-corrected chi connectivity index (χ1v) is 25.7. The Balaban J connectivity index is 1.93. The lowest BCUT2D eigenvalue weighted by molar-refractivity contribution is -0.141. The molecule has 0 aromatic carbocycles. The van der Waals surface area contributed by atoms with E-state index in [-0.39, 0.29) is 37.0 Å². The molecule has 2 unspecified atom stereocenters. The number of esters is 2. The van der Waals surface area contributed by atoms with Gasteiger partial charge in [-0.25, -0.2) is 9.97 Å². The Bertz CT molecular complexity index is 2200. The summed E-state index contributed by atoms with van der Waals surface area (Å²) in [5.74, 6) is -0.569. The largest absolute Gasteiger partial charge is 0.469 e. The minimum absolute atomic E-state index is 0.149. The van der Waals surface area contributed by atoms with E-state index in [4.69, 9.17) is 28.3 Å². The van der Waals surface area contributed by atoms with E-state index in [9.17, 15) is 9.59 Å². The Labute approximate surface area is 322 Å². The summed E-state index contributed by atoms with van der Waals surface area (Å²) < 4.78 is 23.5. The topological polar surface area (TPSA) is 128 Å². The quantitative estimate of drug-likeness (QED) is 0.138. The van der Waals surface area contributed by atoms with E-state index >= 15 is 0 Å². The predicted octanol–water partition coefficient (Wildman–Crippen LogP) is 10.5. The number of aromatic amines is 2. The van der Waals surface area contributed by atoms with Crippen LogP contribution >= 0.6 is 0 Å². The Hall–Kier alpha value is -4.11. The van der Waals surface area contributed by atoms with Crippen LogP contribution in [0.15, 0.2) is 24.3 Å². The molecule has 2 aliphatic rings. The summed E-state index contributed by atoms with van der Waals surface area (Å²) in [4.78, 5) is 42.7. The Morgan fingerprint density at radius 1 is 0.593 bits per heavy atom. The number of allylic oxidation sites excluding steroid dienone is 4. The molecular formula is C42H58N4O6Si2. The summed E-state index contributed by atoms with van der Waals surface area (Å²) in [5.41, 5.74) is 15.1. The molecule has 2 atom stereocenters. The second kappa shape index (κ2) is 15.9. The van der Waals surface area contributed by atoms with Crippen molar-refractivity contribution < 1.29 is 27.9 Å². The van der Waals surface area contributed by atoms with Gasteiger partial charge in [-0.1, -0.05) is 0 Å². The number of fused-ring (bicyclic) bond motifs is 8. The number of hydrogen-bond donors (Lipinski definition) is 2. The lowest BCUT2D eigenvalue weighted by atomic mass is 9.98. The summed E-state index contributed by atoms with van der Waals surface area (Å²) >= 11 is 0. The average Bonchev–Trinajstić information content (AvgIpc) is 3.74. The van der Waals surface area contributed by atoms with Crippen molar-refractivity contribution in [3.05, 3.63) is 69.3 Å². The minimum Gasteiger partial charge on any atom is -0.469 e. The van der Waals surface area contributed by atoms with Gasteiger partial charge >= 0.3 is 11.9 Å². The second-order valence-corrected chi connectivity index (χ2v) is 25.3. The molecule has 0 amide bonds. The highest BCUT2D eigenvalue weighted by Gasteiger charge is 2.27. The Morgan fingerprint density at radius 2 is 0.963 bits per heavy atom. The number of hydrogen-bond acceptors (Lipinski definition) is 8. The van der Waals surface area contributed by atoms with Gasteiger partial charge in [0.15, 0.2) is 16.6 Å². The van der Waals surface area contributed by atoms with Gasteiger partial charge in [0.2, 0.25) is 0 Å². The molecular weight excluding hydrogens is 713 g/mol. The molecule has 10 nitrogen and oxygen atoms in total. The molecule has 290 valence electrons. The highest BCUT2D eigenvalue weighted by Crippen LogP contribution is 2.40. The van der Waals surface area contributed by atoms with Crippen molar-refractivity contribution in [3.63, 3.8) is 0 Å². The summed E-state index contributed by atoms with van der Waals surface area (Å²) in [6, 6.07) is 8.39. The smallest absolute Gasteiger partial charge is 0.305 e. The molecule has 0 saturated heterocycles. The van der Waals surface area contributed by atoms with Crippen LogP contribution in [0.25, 0.3) is 44.4 Å². The van der Waals surface area contributed by atoms with Crippen LogP contribution in [0.1, 0.15) is 111 Å². The molecule has 54 heavy (non-hydrogen) atoms. The van der Waals surface area contributed by atoms with E-state index in [1.807, 2.05) is 6.07 Å². The zero-order valence-corrected chi connectivity index (χ0v) is 36.6. The molecule has 8 bridgehead atoms. The number of aromatic nitrogens is 4. The standard InChI is InChI=1S/C42H58N4O6Si2/c1-23-29(15-17-39(47)49-7)35-22-36-30(16-18-40(48)50-8)24(2)32(44-36)20-37-42(28(6)52-54(12,13)14)26(4)34(46-37)21-38-41(27(5)51-53(9,10)11)25(3)33(45-38)19-31(23)43-35/h19-22,27-28,45-46H,15-18H2,1-14H3. The lowest BCUT2D eigenvalue weighted by Crippen LogP contribution is -2.27. The van der Waals surface area contributed by atoms with Crippen molar-refractivity contribution in [2.45, 2.75) is 119 Å². The van der Waals surface area contributed by atoms with Gasteiger partial charge in [-0.2, -0.15) is 0 Å². The number of carbonyl (C=O) groups is 2. The van der Waals surface area contributed by atoms with Gasteiger partial charge in [-0.3, -0.25) is 9.59 Å². The second-order valence-electron chi connectivity index (χ2n) is 16.4. The third-order valence-corrected chi connectivity index (χ3v) is 12.2. The van der Waals surface area contributed by atoms with E-state index in [0.717, 1.165) is 89.4 Å². The van der Waals surface area contributed by atoms with Gasteiger partial charge in [0.25, 0.3) is 0 Å². The van der Waals surface area contributed by atoms with Crippen LogP contribution in [-0.2, 0) is 27.9 Å². The van der Waals surface area contributed by atoms with Gasteiger partial charge in [0.05, 0.1) is 49.2 Å². The fourth-order valence-electron chi connectivity index (χ4n) is 7.66. The van der Waals surface area contributed by atoms with Crippen LogP contribution in [0, 0.1) is 13.8 Å². The summed E-state index contributed by atoms with van der Waals surface area (Å²) in [6.07, 6.45) is 1.03. The highest BCUT2D eigenvalue weighted by molar-refractivity contribution is 6.70. The number of nitrogens with zero attached hydrogens (tertiary/aromatic N) is 2. The first-order valence-electron chi connectivity index (χ1n) is 18.9. The normalized spacial score (nSPS) is 14.8. The molecule has 5 rings (SSSR count). The highest BCUT2D eigenvalue weighted by atomic mass is 28.4. The average molecular weight is 771 g/mol. The maximum Gasteiger partial charge on any atom is 0.305 e. The Kier molecular flexibility index (Phi) is 12.1. The van der Waals surface area contributed by atoms with E-state index in [1.165, 1.54) is 14.2 Å². The van der Waals surface area contributed by atoms with Gasteiger partial charge in [0.1, 0.15) is 0 Å². The van der Waals surface area contributed by atoms with Crippen molar-refractivity contribution in [1.82, 2.24) is 19.9 Å². The zero-order valence-electron chi connectivity index (χ0n) is 34.6. The first-order chi connectivity index (χ1) is 25.2. The number of aryl methyl sites for hydroxylation is 2. The van der Waals surface area contributed by atoms with Crippen LogP contribution < -0.4 is 0 Å². The van der Waals surface area contributed by atoms with Crippen LogP contribution in [0.5, 0.6) is 0 Å². The minimum atomic E-state index is -1.92. The number of ether oxygens (including phenoxy) is 2. The van der Waals surface area contributed by atoms with E-state index in [1.54, 1.807) is 0 Å². The molecule has 0 saturated carbocycles. The number of H-pyrrole nitrogens is 2. The SMILES string of the molecule is COC(=O)CCC1=C(C)c2cc3[nH]c(cc4[nH]c(cc5nc(cc1n2)C(CCC(=O)OC)=C5C)c(C(C)O[Si](C)(C)C)c4C)c(C(C)O[Si](C)(C)C)c3C. The molecule has 3 aromatic rings. The van der Waals surface area contributed by atoms with Crippen molar-refractivity contribution in [3.8, 4) is 0 Å².